The largest absolute Gasteiger partial charge is 0.353 e. The fraction of sp³-hybridized carbons (Fsp3) is 0.263. The molecule has 1 fully saturated rings. The summed E-state index contributed by atoms with van der Waals surface area (Å²) in [6.45, 7) is 3.19. The van der Waals surface area contributed by atoms with Crippen LogP contribution >= 0.6 is 11.3 Å². The van der Waals surface area contributed by atoms with Crippen molar-refractivity contribution in [2.24, 2.45) is 0 Å². The fourth-order valence-corrected chi connectivity index (χ4v) is 3.81. The van der Waals surface area contributed by atoms with E-state index in [1.54, 1.807) is 30.4 Å². The van der Waals surface area contributed by atoms with Crippen LogP contribution in [-0.4, -0.2) is 35.2 Å². The molecule has 134 valence electrons. The maximum Gasteiger partial charge on any atom is 0.251 e. The molecule has 0 spiro atoms. The maximum atomic E-state index is 13.7. The summed E-state index contributed by atoms with van der Waals surface area (Å²) < 4.78 is 13.7. The van der Waals surface area contributed by atoms with E-state index < -0.39 is 0 Å². The molecular formula is C19H19FN4OS. The Bertz CT molecular complexity index is 922. The molecule has 5 nitrogen and oxygen atoms in total. The van der Waals surface area contributed by atoms with E-state index in [1.807, 2.05) is 17.5 Å². The molecule has 0 radical (unpaired) electrons. The zero-order chi connectivity index (χ0) is 18.1. The highest BCUT2D eigenvalue weighted by Gasteiger charge is 2.26. The van der Waals surface area contributed by atoms with Gasteiger partial charge in [0.15, 0.2) is 5.82 Å². The van der Waals surface area contributed by atoms with E-state index in [9.17, 15) is 9.18 Å². The molecule has 1 atom stereocenters. The van der Waals surface area contributed by atoms with Crippen LogP contribution in [0.25, 0.3) is 10.6 Å². The van der Waals surface area contributed by atoms with E-state index in [2.05, 4.69) is 26.5 Å². The summed E-state index contributed by atoms with van der Waals surface area (Å²) >= 11 is 1.66. The van der Waals surface area contributed by atoms with E-state index in [-0.39, 0.29) is 17.8 Å². The van der Waals surface area contributed by atoms with Crippen LogP contribution in [-0.2, 0) is 0 Å². The Kier molecular flexibility index (Phi) is 4.46. The van der Waals surface area contributed by atoms with Gasteiger partial charge in [-0.2, -0.15) is 5.10 Å². The van der Waals surface area contributed by atoms with Crippen molar-refractivity contribution in [2.45, 2.75) is 19.4 Å². The molecule has 2 N–H and O–H groups in total. The topological polar surface area (TPSA) is 61.0 Å². The van der Waals surface area contributed by atoms with E-state index in [0.29, 0.717) is 17.7 Å². The van der Waals surface area contributed by atoms with E-state index in [1.165, 1.54) is 6.07 Å². The van der Waals surface area contributed by atoms with Crippen molar-refractivity contribution in [3.63, 3.8) is 0 Å². The molecule has 0 bridgehead atoms. The summed E-state index contributed by atoms with van der Waals surface area (Å²) in [5.41, 5.74) is 1.89. The van der Waals surface area contributed by atoms with Crippen molar-refractivity contribution >= 4 is 23.1 Å². The van der Waals surface area contributed by atoms with E-state index in [0.717, 1.165) is 29.4 Å². The number of hydrogen-bond acceptors (Lipinski definition) is 4. The van der Waals surface area contributed by atoms with Gasteiger partial charge in [-0.15, -0.1) is 11.3 Å². The molecule has 1 aliphatic heterocycles. The van der Waals surface area contributed by atoms with Gasteiger partial charge in [0.05, 0.1) is 10.6 Å². The molecule has 2 aromatic heterocycles. The Morgan fingerprint density at radius 2 is 2.27 bits per heavy atom. The van der Waals surface area contributed by atoms with Crippen LogP contribution in [0.2, 0.25) is 0 Å². The molecular weight excluding hydrogens is 351 g/mol. The summed E-state index contributed by atoms with van der Waals surface area (Å²) in [4.78, 5) is 15.6. The van der Waals surface area contributed by atoms with Gasteiger partial charge in [-0.3, -0.25) is 9.89 Å². The van der Waals surface area contributed by atoms with Crippen molar-refractivity contribution in [3.8, 4) is 10.6 Å². The second-order valence-electron chi connectivity index (χ2n) is 6.49. The summed E-state index contributed by atoms with van der Waals surface area (Å²) in [5.74, 6) is 0.284. The van der Waals surface area contributed by atoms with Gasteiger partial charge in [0.25, 0.3) is 5.91 Å². The Balaban J connectivity index is 1.39. The van der Waals surface area contributed by atoms with Gasteiger partial charge in [-0.25, -0.2) is 4.39 Å². The number of aryl methyl sites for hydroxylation is 1. The number of amides is 1. The van der Waals surface area contributed by atoms with E-state index in [4.69, 9.17) is 0 Å². The Labute approximate surface area is 154 Å². The molecule has 0 saturated carbocycles. The summed E-state index contributed by atoms with van der Waals surface area (Å²) in [5, 5.41) is 12.5. The number of halogens is 1. The van der Waals surface area contributed by atoms with Crippen LogP contribution in [0.5, 0.6) is 0 Å². The predicted molar refractivity (Wildman–Crippen MR) is 101 cm³/mol. The molecule has 3 heterocycles. The van der Waals surface area contributed by atoms with Crippen molar-refractivity contribution in [2.75, 3.05) is 18.0 Å². The number of aromatic nitrogens is 2. The number of nitrogens with zero attached hydrogens (tertiary/aromatic N) is 2. The third kappa shape index (κ3) is 3.35. The summed E-state index contributed by atoms with van der Waals surface area (Å²) in [6.07, 6.45) is 0.835. The first-order valence-corrected chi connectivity index (χ1v) is 9.39. The number of anilines is 1. The highest BCUT2D eigenvalue weighted by atomic mass is 32.1. The number of rotatable bonds is 4. The molecule has 0 aliphatic carbocycles. The van der Waals surface area contributed by atoms with Crippen molar-refractivity contribution in [1.82, 2.24) is 15.5 Å². The minimum absolute atomic E-state index is 0.0220. The summed E-state index contributed by atoms with van der Waals surface area (Å²) in [7, 11) is 0. The molecule has 3 aromatic rings. The van der Waals surface area contributed by atoms with Crippen LogP contribution in [0.1, 0.15) is 22.3 Å². The lowest BCUT2D eigenvalue weighted by Crippen LogP contribution is -2.37. The minimum Gasteiger partial charge on any atom is -0.353 e. The van der Waals surface area contributed by atoms with Crippen molar-refractivity contribution in [3.05, 3.63) is 58.7 Å². The van der Waals surface area contributed by atoms with Crippen LogP contribution in [0.15, 0.2) is 41.8 Å². The molecule has 7 heteroatoms. The SMILES string of the molecule is Cc1ccc(C(=O)NC2CCN(c3cc(-c4cccs4)[nH]n3)C2)cc1F. The smallest absolute Gasteiger partial charge is 0.251 e. The lowest BCUT2D eigenvalue weighted by Gasteiger charge is -2.16. The van der Waals surface area contributed by atoms with E-state index >= 15 is 0 Å². The molecule has 1 aliphatic rings. The van der Waals surface area contributed by atoms with Gasteiger partial charge in [0.2, 0.25) is 0 Å². The Morgan fingerprint density at radius 3 is 3.04 bits per heavy atom. The number of hydrogen-bond donors (Lipinski definition) is 2. The lowest BCUT2D eigenvalue weighted by molar-refractivity contribution is 0.0940. The standard InChI is InChI=1S/C19H19FN4OS/c1-12-4-5-13(9-15(12)20)19(25)21-14-6-7-24(11-14)18-10-16(22-23-18)17-3-2-8-26-17/h2-5,8-10,14H,6-7,11H2,1H3,(H,21,25)(H,22,23). The lowest BCUT2D eigenvalue weighted by atomic mass is 10.1. The average molecular weight is 370 g/mol. The second-order valence-corrected chi connectivity index (χ2v) is 7.43. The molecule has 1 amide bonds. The van der Waals surface area contributed by atoms with Gasteiger partial charge < -0.3 is 10.2 Å². The van der Waals surface area contributed by atoms with Crippen LogP contribution in [0.4, 0.5) is 10.2 Å². The third-order valence-electron chi connectivity index (χ3n) is 4.63. The third-order valence-corrected chi connectivity index (χ3v) is 5.54. The first kappa shape index (κ1) is 16.8. The average Bonchev–Trinajstić information content (AvgIpc) is 3.37. The quantitative estimate of drug-likeness (QED) is 0.738. The number of carbonyl (C=O) groups is 1. The molecule has 4 rings (SSSR count). The molecule has 26 heavy (non-hydrogen) atoms. The first-order chi connectivity index (χ1) is 12.6. The van der Waals surface area contributed by atoms with Crippen molar-refractivity contribution < 1.29 is 9.18 Å². The number of thiophene rings is 1. The molecule has 1 unspecified atom stereocenters. The highest BCUT2D eigenvalue weighted by Crippen LogP contribution is 2.27. The highest BCUT2D eigenvalue weighted by molar-refractivity contribution is 7.13. The fourth-order valence-electron chi connectivity index (χ4n) is 3.12. The zero-order valence-electron chi connectivity index (χ0n) is 14.3. The molecule has 1 saturated heterocycles. The second kappa shape index (κ2) is 6.92. The normalized spacial score (nSPS) is 16.8. The van der Waals surface area contributed by atoms with Gasteiger partial charge in [0.1, 0.15) is 5.82 Å². The molecule has 1 aromatic carbocycles. The van der Waals surface area contributed by atoms with Gasteiger partial charge in [0, 0.05) is 30.8 Å². The van der Waals surface area contributed by atoms with Crippen molar-refractivity contribution in [1.29, 1.82) is 0 Å². The van der Waals surface area contributed by atoms with Crippen LogP contribution in [0, 0.1) is 12.7 Å². The Hall–Kier alpha value is -2.67. The number of benzene rings is 1. The number of carbonyl (C=O) groups excluding carboxylic acids is 1. The van der Waals surface area contributed by atoms with Crippen LogP contribution < -0.4 is 10.2 Å². The number of nitrogens with one attached hydrogen (secondary N) is 2. The number of aromatic amines is 1. The Morgan fingerprint density at radius 1 is 1.38 bits per heavy atom. The van der Waals surface area contributed by atoms with Gasteiger partial charge in [-0.1, -0.05) is 12.1 Å². The zero-order valence-corrected chi connectivity index (χ0v) is 15.1. The van der Waals surface area contributed by atoms with Crippen LogP contribution in [0.3, 0.4) is 0 Å². The predicted octanol–water partition coefficient (Wildman–Crippen LogP) is 3.59. The van der Waals surface area contributed by atoms with Gasteiger partial charge >= 0.3 is 0 Å². The minimum atomic E-state index is -0.358. The monoisotopic (exact) mass is 370 g/mol. The maximum absolute atomic E-state index is 13.7. The summed E-state index contributed by atoms with van der Waals surface area (Å²) in [6, 6.07) is 10.7. The number of H-pyrrole nitrogens is 1. The van der Waals surface area contributed by atoms with Gasteiger partial charge in [-0.05, 0) is 42.5 Å². The first-order valence-electron chi connectivity index (χ1n) is 8.51.